The number of ether oxygens (including phenoxy) is 2. The number of hydrogen-bond donors (Lipinski definition) is 1. The Morgan fingerprint density at radius 2 is 1.68 bits per heavy atom. The number of hydrogen-bond acceptors (Lipinski definition) is 5. The Morgan fingerprint density at radius 1 is 1.04 bits per heavy atom. The van der Waals surface area contributed by atoms with Crippen LogP contribution in [0.15, 0.2) is 30.3 Å². The Kier molecular flexibility index (Phi) is 6.40. The first-order chi connectivity index (χ1) is 13.0. The molecule has 6 heteroatoms. The first-order valence-electron chi connectivity index (χ1n) is 10.3. The lowest BCUT2D eigenvalue weighted by atomic mass is 9.99. The summed E-state index contributed by atoms with van der Waals surface area (Å²) in [6.07, 6.45) is -0.662. The van der Waals surface area contributed by atoms with Crippen LogP contribution in [0, 0.1) is 0 Å². The van der Waals surface area contributed by atoms with Gasteiger partial charge in [0.15, 0.2) is 0 Å². The maximum Gasteiger partial charge on any atom is 0.349 e. The smallest absolute Gasteiger partial charge is 0.349 e. The largest absolute Gasteiger partial charge is 0.391 e. The van der Waals surface area contributed by atoms with Crippen LogP contribution in [0.4, 0.5) is 0 Å². The van der Waals surface area contributed by atoms with Crippen LogP contribution in [0.3, 0.4) is 0 Å². The van der Waals surface area contributed by atoms with Crippen LogP contribution >= 0.6 is 0 Å². The van der Waals surface area contributed by atoms with E-state index < -0.39 is 14.7 Å². The van der Waals surface area contributed by atoms with E-state index >= 15 is 0 Å². The molecule has 2 aliphatic heterocycles. The predicted octanol–water partition coefficient (Wildman–Crippen LogP) is 4.18. The molecule has 4 atom stereocenters. The molecule has 158 valence electrons. The molecule has 0 spiro atoms. The molecule has 0 radical (unpaired) electrons. The average Bonchev–Trinajstić information content (AvgIpc) is 2.60. The van der Waals surface area contributed by atoms with Crippen molar-refractivity contribution in [1.82, 2.24) is 0 Å². The topological polar surface area (TPSA) is 57.2 Å². The first-order valence-corrected chi connectivity index (χ1v) is 12.1. The summed E-state index contributed by atoms with van der Waals surface area (Å²) < 4.78 is 25.1. The van der Waals surface area contributed by atoms with Crippen LogP contribution in [0.2, 0.25) is 10.1 Å². The van der Waals surface area contributed by atoms with Gasteiger partial charge in [0, 0.05) is 16.5 Å². The van der Waals surface area contributed by atoms with Gasteiger partial charge in [-0.05, 0) is 5.56 Å². The Labute approximate surface area is 170 Å². The molecule has 0 amide bonds. The second-order valence-corrected chi connectivity index (χ2v) is 14.9. The number of aliphatic hydroxyl groups is 1. The van der Waals surface area contributed by atoms with Gasteiger partial charge in [0.05, 0.1) is 32.0 Å². The molecular formula is C22H36O5Si. The van der Waals surface area contributed by atoms with Crippen LogP contribution in [0.1, 0.15) is 53.5 Å². The molecule has 0 aromatic heterocycles. The maximum absolute atomic E-state index is 10.7. The van der Waals surface area contributed by atoms with Crippen molar-refractivity contribution in [2.45, 2.75) is 89.1 Å². The second kappa shape index (κ2) is 8.17. The molecule has 2 saturated heterocycles. The molecule has 2 fully saturated rings. The van der Waals surface area contributed by atoms with Gasteiger partial charge in [-0.2, -0.15) is 0 Å². The Hall–Kier alpha value is -0.763. The lowest BCUT2D eigenvalue weighted by Gasteiger charge is -2.56. The fourth-order valence-electron chi connectivity index (χ4n) is 4.59. The first kappa shape index (κ1) is 21.9. The van der Waals surface area contributed by atoms with Crippen molar-refractivity contribution in [3.63, 3.8) is 0 Å². The summed E-state index contributed by atoms with van der Waals surface area (Å²) in [5.41, 5.74) is 1.11. The molecule has 1 aromatic carbocycles. The van der Waals surface area contributed by atoms with E-state index in [-0.39, 0.29) is 28.4 Å². The van der Waals surface area contributed by atoms with Gasteiger partial charge in [-0.25, -0.2) is 0 Å². The summed E-state index contributed by atoms with van der Waals surface area (Å²) >= 11 is 0. The monoisotopic (exact) mass is 408 g/mol. The summed E-state index contributed by atoms with van der Waals surface area (Å²) in [5.74, 6) is 0. The minimum absolute atomic E-state index is 0.0726. The lowest BCUT2D eigenvalue weighted by Crippen LogP contribution is -2.67. The van der Waals surface area contributed by atoms with Gasteiger partial charge in [-0.3, -0.25) is 0 Å². The van der Waals surface area contributed by atoms with E-state index in [1.165, 1.54) is 0 Å². The van der Waals surface area contributed by atoms with Gasteiger partial charge in [0.1, 0.15) is 12.2 Å². The Bertz CT molecular complexity index is 623. The number of fused-ring (bicyclic) bond motifs is 1. The normalized spacial score (nSPS) is 30.7. The highest BCUT2D eigenvalue weighted by molar-refractivity contribution is 6.73. The highest BCUT2D eigenvalue weighted by atomic mass is 28.4. The molecule has 0 bridgehead atoms. The van der Waals surface area contributed by atoms with E-state index in [1.54, 1.807) is 0 Å². The molecule has 0 unspecified atom stereocenters. The van der Waals surface area contributed by atoms with E-state index in [0.29, 0.717) is 26.2 Å². The summed E-state index contributed by atoms with van der Waals surface area (Å²) in [7, 11) is -2.54. The van der Waals surface area contributed by atoms with E-state index in [4.69, 9.17) is 18.3 Å². The van der Waals surface area contributed by atoms with Crippen molar-refractivity contribution in [2.24, 2.45) is 0 Å². The van der Waals surface area contributed by atoms with Gasteiger partial charge in [-0.1, -0.05) is 71.9 Å². The van der Waals surface area contributed by atoms with Crippen LogP contribution in [-0.4, -0.2) is 51.3 Å². The predicted molar refractivity (Wildman–Crippen MR) is 111 cm³/mol. The van der Waals surface area contributed by atoms with E-state index in [9.17, 15) is 5.11 Å². The fraction of sp³-hybridized carbons (Fsp3) is 0.727. The van der Waals surface area contributed by atoms with Crippen molar-refractivity contribution in [1.29, 1.82) is 0 Å². The zero-order valence-corrected chi connectivity index (χ0v) is 19.1. The molecule has 0 saturated carbocycles. The van der Waals surface area contributed by atoms with Crippen molar-refractivity contribution < 1.29 is 23.4 Å². The van der Waals surface area contributed by atoms with Gasteiger partial charge in [0.2, 0.25) is 0 Å². The summed E-state index contributed by atoms with van der Waals surface area (Å²) in [4.78, 5) is 0. The summed E-state index contributed by atoms with van der Waals surface area (Å²) in [6, 6.07) is 10.0. The average molecular weight is 409 g/mol. The SMILES string of the molecule is CC(C)(C)[Si]1(C(C)(C)C)OC[C@H]2O[C@@H](COCc3ccccc3)[C@H](O)C[C@@H]2O1. The third kappa shape index (κ3) is 4.37. The zero-order valence-electron chi connectivity index (χ0n) is 18.1. The minimum Gasteiger partial charge on any atom is -0.391 e. The Morgan fingerprint density at radius 3 is 2.29 bits per heavy atom. The van der Waals surface area contributed by atoms with Crippen LogP contribution < -0.4 is 0 Å². The number of aliphatic hydroxyl groups excluding tert-OH is 1. The molecule has 5 nitrogen and oxygen atoms in total. The lowest BCUT2D eigenvalue weighted by molar-refractivity contribution is -0.211. The molecule has 3 rings (SSSR count). The van der Waals surface area contributed by atoms with E-state index in [0.717, 1.165) is 5.56 Å². The van der Waals surface area contributed by atoms with Gasteiger partial charge in [-0.15, -0.1) is 0 Å². The number of rotatable bonds is 4. The molecule has 0 aliphatic carbocycles. The third-order valence-corrected chi connectivity index (χ3v) is 11.0. The van der Waals surface area contributed by atoms with Crippen molar-refractivity contribution in [2.75, 3.05) is 13.2 Å². The maximum atomic E-state index is 10.7. The fourth-order valence-corrected chi connectivity index (χ4v) is 9.56. The molecule has 2 heterocycles. The molecular weight excluding hydrogens is 372 g/mol. The van der Waals surface area contributed by atoms with Gasteiger partial charge >= 0.3 is 8.56 Å². The van der Waals surface area contributed by atoms with E-state index in [1.807, 2.05) is 30.3 Å². The van der Waals surface area contributed by atoms with Crippen molar-refractivity contribution in [3.05, 3.63) is 35.9 Å². The molecule has 2 aliphatic rings. The van der Waals surface area contributed by atoms with E-state index in [2.05, 4.69) is 41.5 Å². The summed E-state index contributed by atoms with van der Waals surface area (Å²) in [5, 5.41) is 10.5. The standard InChI is InChI=1S/C22H36O5Si/c1-21(2,3)28(22(4,5)6)25-15-20-18(27-28)12-17(23)19(26-20)14-24-13-16-10-8-7-9-11-16/h7-11,17-20,23H,12-15H2,1-6H3/t17-,18+,19+,20-/m1/s1. The van der Waals surface area contributed by atoms with Crippen LogP contribution in [0.25, 0.3) is 0 Å². The molecule has 1 N–H and O–H groups in total. The zero-order chi connectivity index (χ0) is 20.6. The second-order valence-electron chi connectivity index (χ2n) is 10.1. The molecule has 28 heavy (non-hydrogen) atoms. The molecule has 1 aromatic rings. The van der Waals surface area contributed by atoms with Gasteiger partial charge < -0.3 is 23.4 Å². The quantitative estimate of drug-likeness (QED) is 0.758. The van der Waals surface area contributed by atoms with Crippen molar-refractivity contribution >= 4 is 8.56 Å². The third-order valence-electron chi connectivity index (χ3n) is 5.80. The van der Waals surface area contributed by atoms with Gasteiger partial charge in [0.25, 0.3) is 0 Å². The highest BCUT2D eigenvalue weighted by Gasteiger charge is 2.62. The van der Waals surface area contributed by atoms with Crippen LogP contribution in [0.5, 0.6) is 0 Å². The Balaban J connectivity index is 1.61. The van der Waals surface area contributed by atoms with Crippen molar-refractivity contribution in [3.8, 4) is 0 Å². The van der Waals surface area contributed by atoms with Crippen LogP contribution in [-0.2, 0) is 24.9 Å². The summed E-state index contributed by atoms with van der Waals surface area (Å²) in [6.45, 7) is 14.6. The highest BCUT2D eigenvalue weighted by Crippen LogP contribution is 2.55. The number of benzene rings is 1. The minimum atomic E-state index is -2.54.